The summed E-state index contributed by atoms with van der Waals surface area (Å²) in [6.45, 7) is 1.87. The Morgan fingerprint density at radius 1 is 1.30 bits per heavy atom. The highest BCUT2D eigenvalue weighted by Gasteiger charge is 2.29. The minimum Gasteiger partial charge on any atom is -0.355 e. The van der Waals surface area contributed by atoms with Crippen LogP contribution in [0.4, 0.5) is 15.8 Å². The summed E-state index contributed by atoms with van der Waals surface area (Å²) in [5.41, 5.74) is 1.97. The van der Waals surface area contributed by atoms with Gasteiger partial charge in [0.25, 0.3) is 0 Å². The highest BCUT2D eigenvalue weighted by molar-refractivity contribution is 14.1. The van der Waals surface area contributed by atoms with E-state index in [2.05, 4.69) is 33.1 Å². The lowest BCUT2D eigenvalue weighted by Crippen LogP contribution is -2.25. The fraction of sp³-hybridized carbons (Fsp3) is 0.133. The molecule has 0 bridgehead atoms. The summed E-state index contributed by atoms with van der Waals surface area (Å²) >= 11 is 0.302. The van der Waals surface area contributed by atoms with Crippen molar-refractivity contribution in [2.24, 2.45) is 10.3 Å². The molecule has 2 aromatic carbocycles. The zero-order chi connectivity index (χ0) is 19.9. The second kappa shape index (κ2) is 7.33. The first-order chi connectivity index (χ1) is 12.6. The summed E-state index contributed by atoms with van der Waals surface area (Å²) in [7, 11) is -2.87. The standard InChI is InChI=1S/C15H14FIN4O4S2/c1-8-5-9(17)3-4-12(8)19-13-7-11(16)14(27(18,23)24)6-10(13)15-20-25-26(22)21(15)2/h3-7,19H,1-2H3,(H2,18,23,24). The van der Waals surface area contributed by atoms with Crippen molar-refractivity contribution < 1.29 is 21.3 Å². The van der Waals surface area contributed by atoms with Gasteiger partial charge in [-0.1, -0.05) is 0 Å². The van der Waals surface area contributed by atoms with E-state index in [1.54, 1.807) is 6.07 Å². The monoisotopic (exact) mass is 524 g/mol. The van der Waals surface area contributed by atoms with E-state index in [0.29, 0.717) is 5.69 Å². The Morgan fingerprint density at radius 3 is 2.56 bits per heavy atom. The van der Waals surface area contributed by atoms with Crippen LogP contribution in [-0.4, -0.2) is 29.8 Å². The highest BCUT2D eigenvalue weighted by atomic mass is 127. The molecule has 144 valence electrons. The molecule has 0 amide bonds. The number of nitrogens with two attached hydrogens (primary N) is 1. The van der Waals surface area contributed by atoms with Crippen molar-refractivity contribution >= 4 is 61.1 Å². The largest absolute Gasteiger partial charge is 0.355 e. The molecule has 0 radical (unpaired) electrons. The molecular weight excluding hydrogens is 510 g/mol. The van der Waals surface area contributed by atoms with Crippen molar-refractivity contribution in [3.8, 4) is 0 Å². The van der Waals surface area contributed by atoms with Gasteiger partial charge in [0.1, 0.15) is 10.7 Å². The number of nitrogens with one attached hydrogen (secondary N) is 1. The summed E-state index contributed by atoms with van der Waals surface area (Å²) in [6.07, 6.45) is 0. The van der Waals surface area contributed by atoms with Crippen molar-refractivity contribution in [1.29, 1.82) is 0 Å². The first-order valence-electron chi connectivity index (χ1n) is 7.39. The van der Waals surface area contributed by atoms with Crippen LogP contribution in [0.3, 0.4) is 0 Å². The molecule has 2 aromatic rings. The molecule has 1 aliphatic heterocycles. The molecule has 1 atom stereocenters. The quantitative estimate of drug-likeness (QED) is 0.597. The first kappa shape index (κ1) is 20.0. The smallest absolute Gasteiger partial charge is 0.341 e. The molecule has 27 heavy (non-hydrogen) atoms. The van der Waals surface area contributed by atoms with Crippen LogP contribution in [0.5, 0.6) is 0 Å². The van der Waals surface area contributed by atoms with Gasteiger partial charge in [0, 0.05) is 21.9 Å². The van der Waals surface area contributed by atoms with Crippen molar-refractivity contribution in [2.45, 2.75) is 11.8 Å². The Bertz CT molecular complexity index is 1090. The van der Waals surface area contributed by atoms with Crippen LogP contribution in [0.1, 0.15) is 11.1 Å². The van der Waals surface area contributed by atoms with E-state index in [1.165, 1.54) is 11.4 Å². The molecule has 0 aromatic heterocycles. The third-order valence-corrected chi connectivity index (χ3v) is 6.21. The van der Waals surface area contributed by atoms with Gasteiger partial charge in [-0.2, -0.15) is 4.21 Å². The van der Waals surface area contributed by atoms with Crippen molar-refractivity contribution in [1.82, 2.24) is 4.31 Å². The maximum Gasteiger partial charge on any atom is 0.341 e. The van der Waals surface area contributed by atoms with Crippen LogP contribution in [0, 0.1) is 16.3 Å². The molecular formula is C15H14FIN4O4S2. The molecule has 0 fully saturated rings. The van der Waals surface area contributed by atoms with Gasteiger partial charge in [-0.05, 0) is 70.6 Å². The number of primary sulfonamides is 1. The number of rotatable bonds is 4. The van der Waals surface area contributed by atoms with Crippen LogP contribution in [0.25, 0.3) is 0 Å². The van der Waals surface area contributed by atoms with Gasteiger partial charge >= 0.3 is 11.3 Å². The molecule has 0 saturated carbocycles. The predicted octanol–water partition coefficient (Wildman–Crippen LogP) is 2.33. The number of amidine groups is 1. The number of hydrogen-bond acceptors (Lipinski definition) is 6. The van der Waals surface area contributed by atoms with Gasteiger partial charge in [0.2, 0.25) is 10.0 Å². The van der Waals surface area contributed by atoms with Crippen LogP contribution in [0.15, 0.2) is 40.4 Å². The Labute approximate surface area is 171 Å². The molecule has 3 N–H and O–H groups in total. The first-order valence-corrected chi connectivity index (χ1v) is 11.0. The highest BCUT2D eigenvalue weighted by Crippen LogP contribution is 2.31. The van der Waals surface area contributed by atoms with Gasteiger partial charge in [-0.15, -0.1) is 0 Å². The van der Waals surface area contributed by atoms with Gasteiger partial charge in [-0.25, -0.2) is 22.3 Å². The molecule has 8 nitrogen and oxygen atoms in total. The lowest BCUT2D eigenvalue weighted by molar-refractivity contribution is 0.380. The van der Waals surface area contributed by atoms with Gasteiger partial charge in [-0.3, -0.25) is 4.28 Å². The molecule has 1 unspecified atom stereocenters. The lowest BCUT2D eigenvalue weighted by atomic mass is 10.1. The number of hydrogen-bond donors (Lipinski definition) is 2. The predicted molar refractivity (Wildman–Crippen MR) is 108 cm³/mol. The molecule has 0 saturated heterocycles. The van der Waals surface area contributed by atoms with Crippen molar-refractivity contribution in [2.75, 3.05) is 12.4 Å². The third-order valence-electron chi connectivity index (χ3n) is 3.79. The zero-order valence-electron chi connectivity index (χ0n) is 14.1. The zero-order valence-corrected chi connectivity index (χ0v) is 17.9. The molecule has 3 rings (SSSR count). The number of anilines is 2. The molecule has 1 heterocycles. The number of oxime groups is 1. The Hall–Kier alpha value is -1.77. The Morgan fingerprint density at radius 2 is 2.00 bits per heavy atom. The molecule has 12 heteroatoms. The molecule has 1 aliphatic rings. The summed E-state index contributed by atoms with van der Waals surface area (Å²) < 4.78 is 56.5. The average molecular weight is 524 g/mol. The summed E-state index contributed by atoms with van der Waals surface area (Å²) in [4.78, 5) is -0.698. The SMILES string of the molecule is Cc1cc(I)ccc1Nc1cc(F)c(S(N)(=O)=O)cc1C1=NOS(=O)N1C. The fourth-order valence-electron chi connectivity index (χ4n) is 2.44. The van der Waals surface area contributed by atoms with E-state index in [1.807, 2.05) is 19.1 Å². The van der Waals surface area contributed by atoms with Crippen LogP contribution in [-0.2, 0) is 25.6 Å². The number of benzene rings is 2. The Kier molecular flexibility index (Phi) is 5.42. The number of aryl methyl sites for hydroxylation is 1. The van der Waals surface area contributed by atoms with Crippen molar-refractivity contribution in [3.63, 3.8) is 0 Å². The average Bonchev–Trinajstić information content (AvgIpc) is 2.89. The second-order valence-electron chi connectivity index (χ2n) is 5.66. The van der Waals surface area contributed by atoms with E-state index in [-0.39, 0.29) is 17.1 Å². The summed E-state index contributed by atoms with van der Waals surface area (Å²) in [6, 6.07) is 7.64. The normalized spacial score (nSPS) is 16.9. The van der Waals surface area contributed by atoms with E-state index < -0.39 is 32.0 Å². The number of nitrogens with zero attached hydrogens (tertiary/aromatic N) is 2. The van der Waals surface area contributed by atoms with E-state index in [9.17, 15) is 17.0 Å². The minimum atomic E-state index is -4.31. The van der Waals surface area contributed by atoms with Crippen LogP contribution in [0.2, 0.25) is 0 Å². The lowest BCUT2D eigenvalue weighted by Gasteiger charge is -2.17. The fourth-order valence-corrected chi connectivity index (χ4v) is 4.20. The van der Waals surface area contributed by atoms with E-state index in [0.717, 1.165) is 21.3 Å². The van der Waals surface area contributed by atoms with E-state index >= 15 is 0 Å². The minimum absolute atomic E-state index is 0.0731. The Balaban J connectivity index is 2.17. The third kappa shape index (κ3) is 4.07. The van der Waals surface area contributed by atoms with E-state index in [4.69, 9.17) is 9.42 Å². The molecule has 0 spiro atoms. The second-order valence-corrected chi connectivity index (χ2v) is 9.57. The van der Waals surface area contributed by atoms with Gasteiger partial charge in [0.15, 0.2) is 5.84 Å². The topological polar surface area (TPSA) is 114 Å². The van der Waals surface area contributed by atoms with Gasteiger partial charge < -0.3 is 5.32 Å². The maximum absolute atomic E-state index is 14.4. The van der Waals surface area contributed by atoms with Crippen LogP contribution >= 0.6 is 22.6 Å². The molecule has 0 aliphatic carbocycles. The summed E-state index contributed by atoms with van der Waals surface area (Å²) in [5.74, 6) is -0.945. The van der Waals surface area contributed by atoms with Crippen LogP contribution < -0.4 is 10.5 Å². The maximum atomic E-state index is 14.4. The van der Waals surface area contributed by atoms with Crippen molar-refractivity contribution in [3.05, 3.63) is 50.8 Å². The number of sulfonamides is 1. The number of halogens is 2. The summed E-state index contributed by atoms with van der Waals surface area (Å²) in [5, 5.41) is 11.9. The van der Waals surface area contributed by atoms with Gasteiger partial charge in [0.05, 0.1) is 5.69 Å².